The van der Waals surface area contributed by atoms with Gasteiger partial charge >= 0.3 is 0 Å². The van der Waals surface area contributed by atoms with Crippen molar-refractivity contribution in [1.29, 1.82) is 5.26 Å². The van der Waals surface area contributed by atoms with Crippen molar-refractivity contribution in [2.45, 2.75) is 0 Å². The highest BCUT2D eigenvalue weighted by Gasteiger charge is 2.14. The zero-order valence-corrected chi connectivity index (χ0v) is 20.7. The third-order valence-electron chi connectivity index (χ3n) is 6.97. The van der Waals surface area contributed by atoms with Crippen LogP contribution in [0.3, 0.4) is 0 Å². The van der Waals surface area contributed by atoms with Crippen molar-refractivity contribution >= 4 is 42.3 Å². The maximum absolute atomic E-state index is 9.20. The van der Waals surface area contributed by atoms with E-state index in [0.29, 0.717) is 5.56 Å². The molecule has 0 amide bonds. The first-order valence-corrected chi connectivity index (χ1v) is 13.0. The second-order valence-corrected chi connectivity index (χ2v) is 10.2. The third-order valence-corrected chi connectivity index (χ3v) is 8.07. The molecular formula is C34H20N2S. The molecule has 0 aliphatic heterocycles. The summed E-state index contributed by atoms with van der Waals surface area (Å²) in [5.41, 5.74) is 7.31. The molecule has 7 aromatic rings. The summed E-state index contributed by atoms with van der Waals surface area (Å²) < 4.78 is 2.60. The van der Waals surface area contributed by atoms with Crippen molar-refractivity contribution in [1.82, 2.24) is 4.98 Å². The van der Waals surface area contributed by atoms with E-state index in [1.807, 2.05) is 17.4 Å². The molecule has 0 unspecified atom stereocenters. The maximum atomic E-state index is 9.20. The SMILES string of the molecule is N#Cc1ccnc(-c2ccc(-c3ccc4c(c3)sc3cc(-c5ccccc5)c5ccccc5c34)cc2)c1. The molecule has 3 heteroatoms. The van der Waals surface area contributed by atoms with Gasteiger partial charge in [0.2, 0.25) is 0 Å². The monoisotopic (exact) mass is 488 g/mol. The molecule has 2 nitrogen and oxygen atoms in total. The van der Waals surface area contributed by atoms with Gasteiger partial charge in [-0.25, -0.2) is 0 Å². The summed E-state index contributed by atoms with van der Waals surface area (Å²) in [6.45, 7) is 0. The second-order valence-electron chi connectivity index (χ2n) is 9.14. The van der Waals surface area contributed by atoms with Crippen LogP contribution in [0.5, 0.6) is 0 Å². The Bertz CT molecular complexity index is 1980. The minimum Gasteiger partial charge on any atom is -0.256 e. The lowest BCUT2D eigenvalue weighted by atomic mass is 9.94. The predicted molar refractivity (Wildman–Crippen MR) is 156 cm³/mol. The molecule has 0 aliphatic rings. The standard InChI is InChI=1S/C34H20N2S/c35-21-22-16-17-36-31(18-22)25-12-10-23(11-13-25)26-14-15-29-32(19-26)37-33-20-30(24-6-2-1-3-7-24)27-8-4-5-9-28(27)34(29)33/h1-20H. The smallest absolute Gasteiger partial charge is 0.0992 e. The summed E-state index contributed by atoms with van der Waals surface area (Å²) in [4.78, 5) is 4.43. The number of nitriles is 1. The second kappa shape index (κ2) is 8.71. The molecule has 0 atom stereocenters. The number of rotatable bonds is 3. The Labute approximate surface area is 218 Å². The summed E-state index contributed by atoms with van der Waals surface area (Å²) in [7, 11) is 0. The highest BCUT2D eigenvalue weighted by atomic mass is 32.1. The number of hydrogen-bond acceptors (Lipinski definition) is 3. The van der Waals surface area contributed by atoms with Gasteiger partial charge < -0.3 is 0 Å². The van der Waals surface area contributed by atoms with Gasteiger partial charge in [0.25, 0.3) is 0 Å². The van der Waals surface area contributed by atoms with Crippen molar-refractivity contribution in [3.63, 3.8) is 0 Å². The van der Waals surface area contributed by atoms with Crippen LogP contribution in [0.4, 0.5) is 0 Å². The third kappa shape index (κ3) is 3.67. The van der Waals surface area contributed by atoms with Gasteiger partial charge in [0.15, 0.2) is 0 Å². The highest BCUT2D eigenvalue weighted by Crippen LogP contribution is 2.43. The van der Waals surface area contributed by atoms with Crippen molar-refractivity contribution in [2.24, 2.45) is 0 Å². The topological polar surface area (TPSA) is 36.7 Å². The summed E-state index contributed by atoms with van der Waals surface area (Å²) in [6, 6.07) is 42.7. The van der Waals surface area contributed by atoms with Gasteiger partial charge in [-0.3, -0.25) is 4.98 Å². The van der Waals surface area contributed by atoms with E-state index in [2.05, 4.69) is 114 Å². The molecule has 0 aliphatic carbocycles. The van der Waals surface area contributed by atoms with Crippen molar-refractivity contribution in [2.75, 3.05) is 0 Å². The van der Waals surface area contributed by atoms with Crippen molar-refractivity contribution < 1.29 is 0 Å². The molecule has 0 radical (unpaired) electrons. The molecule has 2 aromatic heterocycles. The Kier molecular flexibility index (Phi) is 5.06. The molecule has 0 bridgehead atoms. The lowest BCUT2D eigenvalue weighted by molar-refractivity contribution is 1.31. The van der Waals surface area contributed by atoms with Crippen LogP contribution in [0.2, 0.25) is 0 Å². The number of pyridine rings is 1. The molecule has 0 saturated heterocycles. The first kappa shape index (κ1) is 21.5. The first-order chi connectivity index (χ1) is 18.3. The van der Waals surface area contributed by atoms with Gasteiger partial charge in [-0.05, 0) is 57.3 Å². The van der Waals surface area contributed by atoms with Crippen LogP contribution >= 0.6 is 11.3 Å². The Morgan fingerprint density at radius 3 is 2.11 bits per heavy atom. The number of hydrogen-bond donors (Lipinski definition) is 0. The fourth-order valence-corrected chi connectivity index (χ4v) is 6.37. The minimum atomic E-state index is 0.618. The Morgan fingerprint density at radius 2 is 1.30 bits per heavy atom. The zero-order chi connectivity index (χ0) is 24.8. The number of aromatic nitrogens is 1. The number of nitrogens with zero attached hydrogens (tertiary/aromatic N) is 2. The number of thiophene rings is 1. The van der Waals surface area contributed by atoms with Gasteiger partial charge in [-0.15, -0.1) is 11.3 Å². The molecule has 7 rings (SSSR count). The van der Waals surface area contributed by atoms with Gasteiger partial charge in [0.1, 0.15) is 0 Å². The van der Waals surface area contributed by atoms with E-state index in [4.69, 9.17) is 0 Å². The molecule has 0 saturated carbocycles. The van der Waals surface area contributed by atoms with Crippen LogP contribution in [0.1, 0.15) is 5.56 Å². The van der Waals surface area contributed by atoms with Gasteiger partial charge in [-0.1, -0.05) is 91.0 Å². The first-order valence-electron chi connectivity index (χ1n) is 12.2. The van der Waals surface area contributed by atoms with Gasteiger partial charge in [0.05, 0.1) is 17.3 Å². The van der Waals surface area contributed by atoms with Crippen LogP contribution in [0.15, 0.2) is 121 Å². The van der Waals surface area contributed by atoms with E-state index in [1.165, 1.54) is 47.6 Å². The largest absolute Gasteiger partial charge is 0.256 e. The van der Waals surface area contributed by atoms with E-state index in [1.54, 1.807) is 12.3 Å². The Morgan fingerprint density at radius 1 is 0.568 bits per heavy atom. The summed E-state index contributed by atoms with van der Waals surface area (Å²) >= 11 is 1.86. The Balaban J connectivity index is 1.35. The zero-order valence-electron chi connectivity index (χ0n) is 19.8. The summed E-state index contributed by atoms with van der Waals surface area (Å²) in [5, 5.41) is 14.4. The van der Waals surface area contributed by atoms with Crippen molar-refractivity contribution in [3.8, 4) is 39.6 Å². The molecule has 5 aromatic carbocycles. The van der Waals surface area contributed by atoms with Crippen LogP contribution in [0, 0.1) is 11.3 Å². The van der Waals surface area contributed by atoms with Crippen LogP contribution < -0.4 is 0 Å². The Hall–Kier alpha value is -4.78. The minimum absolute atomic E-state index is 0.618. The molecular weight excluding hydrogens is 468 g/mol. The van der Waals surface area contributed by atoms with E-state index < -0.39 is 0 Å². The van der Waals surface area contributed by atoms with Crippen LogP contribution in [-0.2, 0) is 0 Å². The van der Waals surface area contributed by atoms with Crippen LogP contribution in [0.25, 0.3) is 64.5 Å². The average molecular weight is 489 g/mol. The molecule has 0 fully saturated rings. The van der Waals surface area contributed by atoms with E-state index >= 15 is 0 Å². The molecule has 37 heavy (non-hydrogen) atoms. The van der Waals surface area contributed by atoms with Crippen molar-refractivity contribution in [3.05, 3.63) is 127 Å². The summed E-state index contributed by atoms with van der Waals surface area (Å²) in [6.07, 6.45) is 1.68. The fraction of sp³-hybridized carbons (Fsp3) is 0. The number of fused-ring (bicyclic) bond motifs is 5. The lowest BCUT2D eigenvalue weighted by Gasteiger charge is -2.09. The normalized spacial score (nSPS) is 11.2. The van der Waals surface area contributed by atoms with Gasteiger partial charge in [0, 0.05) is 31.9 Å². The van der Waals surface area contributed by atoms with E-state index in [0.717, 1.165) is 16.8 Å². The quantitative estimate of drug-likeness (QED) is 0.248. The highest BCUT2D eigenvalue weighted by molar-refractivity contribution is 7.26. The average Bonchev–Trinajstić information content (AvgIpc) is 3.35. The maximum Gasteiger partial charge on any atom is 0.0992 e. The lowest BCUT2D eigenvalue weighted by Crippen LogP contribution is -1.85. The van der Waals surface area contributed by atoms with E-state index in [9.17, 15) is 5.26 Å². The molecule has 0 spiro atoms. The molecule has 2 heterocycles. The van der Waals surface area contributed by atoms with Gasteiger partial charge in [-0.2, -0.15) is 5.26 Å². The molecule has 0 N–H and O–H groups in total. The molecule has 172 valence electrons. The fourth-order valence-electron chi connectivity index (χ4n) is 5.17. The predicted octanol–water partition coefficient (Wildman–Crippen LogP) is 9.48. The number of benzene rings is 5. The summed E-state index contributed by atoms with van der Waals surface area (Å²) in [5.74, 6) is 0. The van der Waals surface area contributed by atoms with E-state index in [-0.39, 0.29) is 0 Å². The van der Waals surface area contributed by atoms with Crippen LogP contribution in [-0.4, -0.2) is 4.98 Å².